The minimum Gasteiger partial charge on any atom is -0.456 e. The van der Waals surface area contributed by atoms with E-state index in [9.17, 15) is 4.79 Å². The second-order valence-electron chi connectivity index (χ2n) is 10.4. The van der Waals surface area contributed by atoms with Crippen LogP contribution in [-0.4, -0.2) is 37.0 Å². The van der Waals surface area contributed by atoms with Gasteiger partial charge in [-0.15, -0.1) is 0 Å². The summed E-state index contributed by atoms with van der Waals surface area (Å²) in [5.41, 5.74) is 6.28. The normalized spacial score (nSPS) is 14.4. The molecule has 4 aromatic rings. The molecule has 0 fully saturated rings. The molecule has 0 atom stereocenters. The molecule has 5 heteroatoms. The van der Waals surface area contributed by atoms with Crippen molar-refractivity contribution in [1.82, 2.24) is 4.90 Å². The number of anilines is 2. The minimum absolute atomic E-state index is 0.0406. The van der Waals surface area contributed by atoms with Gasteiger partial charge in [0.2, 0.25) is 0 Å². The molecule has 1 spiro atoms. The number of carbonyl (C=O) groups excluding carboxylic acids is 1. The van der Waals surface area contributed by atoms with Crippen LogP contribution in [0.2, 0.25) is 0 Å². The molecule has 40 heavy (non-hydrogen) atoms. The topological polar surface area (TPSA) is 36.0 Å². The van der Waals surface area contributed by atoms with Crippen molar-refractivity contribution in [2.75, 3.05) is 36.0 Å². The van der Waals surface area contributed by atoms with Crippen molar-refractivity contribution in [2.45, 2.75) is 39.8 Å². The zero-order valence-electron chi connectivity index (χ0n) is 23.9. The SMILES string of the molecule is CCN(CC)c1ccc2c(c1)Oc1cc(N(CC)CC)ccc1C21c2ccccc2C(=O)N1Cc1ccccc1. The molecular formula is C35H37N3O2. The molecule has 0 saturated heterocycles. The first-order chi connectivity index (χ1) is 19.6. The summed E-state index contributed by atoms with van der Waals surface area (Å²) in [4.78, 5) is 21.0. The highest BCUT2D eigenvalue weighted by Gasteiger charge is 2.56. The monoisotopic (exact) mass is 531 g/mol. The van der Waals surface area contributed by atoms with Crippen molar-refractivity contribution in [3.05, 3.63) is 119 Å². The average Bonchev–Trinajstić information content (AvgIpc) is 3.23. The molecule has 204 valence electrons. The summed E-state index contributed by atoms with van der Waals surface area (Å²) in [7, 11) is 0. The zero-order valence-corrected chi connectivity index (χ0v) is 23.9. The van der Waals surface area contributed by atoms with E-state index in [0.29, 0.717) is 6.54 Å². The minimum atomic E-state index is -0.810. The van der Waals surface area contributed by atoms with Gasteiger partial charge in [0.1, 0.15) is 17.0 Å². The maximum Gasteiger partial charge on any atom is 0.255 e. The summed E-state index contributed by atoms with van der Waals surface area (Å²) in [5, 5.41) is 0. The average molecular weight is 532 g/mol. The number of nitrogens with zero attached hydrogens (tertiary/aromatic N) is 3. The molecule has 6 rings (SSSR count). The summed E-state index contributed by atoms with van der Waals surface area (Å²) in [6.45, 7) is 12.8. The van der Waals surface area contributed by atoms with E-state index in [1.54, 1.807) is 0 Å². The lowest BCUT2D eigenvalue weighted by Crippen LogP contribution is -2.47. The van der Waals surface area contributed by atoms with E-state index in [1.807, 2.05) is 36.4 Å². The van der Waals surface area contributed by atoms with Crippen molar-refractivity contribution in [3.63, 3.8) is 0 Å². The van der Waals surface area contributed by atoms with Gasteiger partial charge in [-0.2, -0.15) is 0 Å². The second-order valence-corrected chi connectivity index (χ2v) is 10.4. The number of amides is 1. The summed E-state index contributed by atoms with van der Waals surface area (Å²) in [6.07, 6.45) is 0. The van der Waals surface area contributed by atoms with Gasteiger partial charge in [0.25, 0.3) is 5.91 Å². The molecule has 5 nitrogen and oxygen atoms in total. The Balaban J connectivity index is 1.65. The van der Waals surface area contributed by atoms with Crippen LogP contribution in [0.25, 0.3) is 0 Å². The third-order valence-electron chi connectivity index (χ3n) is 8.57. The number of rotatable bonds is 8. The summed E-state index contributed by atoms with van der Waals surface area (Å²) >= 11 is 0. The molecule has 0 radical (unpaired) electrons. The first kappa shape index (κ1) is 26.0. The highest BCUT2D eigenvalue weighted by atomic mass is 16.5. The Bertz CT molecular complexity index is 1480. The van der Waals surface area contributed by atoms with Gasteiger partial charge in [0.05, 0.1) is 0 Å². The molecule has 2 aliphatic rings. The van der Waals surface area contributed by atoms with Gasteiger partial charge in [0.15, 0.2) is 0 Å². The molecule has 0 aliphatic carbocycles. The van der Waals surface area contributed by atoms with Gasteiger partial charge in [0, 0.05) is 72.9 Å². The Morgan fingerprint density at radius 3 is 1.73 bits per heavy atom. The van der Waals surface area contributed by atoms with E-state index in [-0.39, 0.29) is 5.91 Å². The van der Waals surface area contributed by atoms with Gasteiger partial charge in [-0.25, -0.2) is 0 Å². The molecule has 0 bridgehead atoms. The third-order valence-corrected chi connectivity index (χ3v) is 8.57. The molecular weight excluding hydrogens is 494 g/mol. The molecule has 2 aliphatic heterocycles. The first-order valence-electron chi connectivity index (χ1n) is 14.5. The van der Waals surface area contributed by atoms with E-state index in [4.69, 9.17) is 4.74 Å². The van der Waals surface area contributed by atoms with Crippen molar-refractivity contribution in [3.8, 4) is 11.5 Å². The lowest BCUT2D eigenvalue weighted by atomic mass is 9.74. The number of ether oxygens (including phenoxy) is 1. The van der Waals surface area contributed by atoms with E-state index in [2.05, 4.69) is 97.0 Å². The van der Waals surface area contributed by atoms with E-state index < -0.39 is 5.54 Å². The second kappa shape index (κ2) is 10.4. The number of hydrogen-bond donors (Lipinski definition) is 0. The van der Waals surface area contributed by atoms with Gasteiger partial charge in [-0.05, 0) is 57.0 Å². The van der Waals surface area contributed by atoms with Gasteiger partial charge >= 0.3 is 0 Å². The van der Waals surface area contributed by atoms with Crippen LogP contribution < -0.4 is 14.5 Å². The fourth-order valence-electron chi connectivity index (χ4n) is 6.59. The maximum absolute atomic E-state index is 14.3. The van der Waals surface area contributed by atoms with Crippen LogP contribution in [-0.2, 0) is 12.1 Å². The maximum atomic E-state index is 14.3. The lowest BCUT2D eigenvalue weighted by molar-refractivity contribution is 0.0645. The van der Waals surface area contributed by atoms with E-state index >= 15 is 0 Å². The van der Waals surface area contributed by atoms with Crippen LogP contribution in [0.4, 0.5) is 11.4 Å². The molecule has 0 aromatic heterocycles. The van der Waals surface area contributed by atoms with Crippen LogP contribution in [0.1, 0.15) is 60.3 Å². The first-order valence-corrected chi connectivity index (χ1v) is 14.5. The molecule has 4 aromatic carbocycles. The summed E-state index contributed by atoms with van der Waals surface area (Å²) in [5.74, 6) is 1.64. The lowest BCUT2D eigenvalue weighted by Gasteiger charge is -2.45. The highest BCUT2D eigenvalue weighted by Crippen LogP contribution is 2.58. The Labute approximate surface area is 237 Å². The van der Waals surface area contributed by atoms with E-state index in [0.717, 1.165) is 76.9 Å². The Morgan fingerprint density at radius 1 is 0.650 bits per heavy atom. The zero-order chi connectivity index (χ0) is 27.9. The fraction of sp³-hybridized carbons (Fsp3) is 0.286. The standard InChI is InChI=1S/C35H37N3O2/c1-5-36(6-2)26-18-20-30-32(22-26)40-33-23-27(37(7-3)8-4)19-21-31(33)35(30)29-17-13-12-16-28(29)34(39)38(35)24-25-14-10-9-11-15-25/h9-23H,5-8,24H2,1-4H3. The van der Waals surface area contributed by atoms with Gasteiger partial charge in [-0.3, -0.25) is 4.79 Å². The summed E-state index contributed by atoms with van der Waals surface area (Å²) in [6, 6.07) is 31.4. The molecule has 2 heterocycles. The van der Waals surface area contributed by atoms with E-state index in [1.165, 1.54) is 0 Å². The van der Waals surface area contributed by atoms with Crippen molar-refractivity contribution in [2.24, 2.45) is 0 Å². The predicted octanol–water partition coefficient (Wildman–Crippen LogP) is 7.43. The smallest absolute Gasteiger partial charge is 0.255 e. The van der Waals surface area contributed by atoms with Crippen LogP contribution in [0.15, 0.2) is 91.0 Å². The van der Waals surface area contributed by atoms with Crippen LogP contribution in [0.5, 0.6) is 11.5 Å². The number of carbonyl (C=O) groups is 1. The Kier molecular flexibility index (Phi) is 6.75. The Hall–Kier alpha value is -4.25. The van der Waals surface area contributed by atoms with Crippen LogP contribution in [0, 0.1) is 0 Å². The quantitative estimate of drug-likeness (QED) is 0.237. The molecule has 0 unspecified atom stereocenters. The Morgan fingerprint density at radius 2 is 1.18 bits per heavy atom. The third kappa shape index (κ3) is 3.87. The molecule has 0 N–H and O–H groups in total. The predicted molar refractivity (Wildman–Crippen MR) is 163 cm³/mol. The fourth-order valence-corrected chi connectivity index (χ4v) is 6.59. The van der Waals surface area contributed by atoms with Crippen LogP contribution in [0.3, 0.4) is 0 Å². The van der Waals surface area contributed by atoms with Crippen molar-refractivity contribution < 1.29 is 9.53 Å². The van der Waals surface area contributed by atoms with Crippen LogP contribution >= 0.6 is 0 Å². The molecule has 1 amide bonds. The number of benzene rings is 4. The van der Waals surface area contributed by atoms with Crippen molar-refractivity contribution in [1.29, 1.82) is 0 Å². The van der Waals surface area contributed by atoms with Gasteiger partial charge < -0.3 is 19.4 Å². The van der Waals surface area contributed by atoms with Gasteiger partial charge in [-0.1, -0.05) is 60.7 Å². The largest absolute Gasteiger partial charge is 0.456 e. The summed E-state index contributed by atoms with van der Waals surface area (Å²) < 4.78 is 6.78. The highest BCUT2D eigenvalue weighted by molar-refractivity contribution is 6.02. The van der Waals surface area contributed by atoms with Crippen molar-refractivity contribution >= 4 is 17.3 Å². The molecule has 0 saturated carbocycles. The number of fused-ring (bicyclic) bond motifs is 6. The number of hydrogen-bond acceptors (Lipinski definition) is 4.